The molecule has 0 aliphatic carbocycles. The average Bonchev–Trinajstić information content (AvgIpc) is 2.78. The first-order valence-corrected chi connectivity index (χ1v) is 6.34. The van der Waals surface area contributed by atoms with Gasteiger partial charge in [0.2, 0.25) is 0 Å². The van der Waals surface area contributed by atoms with Gasteiger partial charge in [-0.2, -0.15) is 5.10 Å². The minimum atomic E-state index is -0.163. The van der Waals surface area contributed by atoms with Gasteiger partial charge in [-0.25, -0.2) is 0 Å². The van der Waals surface area contributed by atoms with Crippen molar-refractivity contribution in [3.8, 4) is 0 Å². The lowest BCUT2D eigenvalue weighted by atomic mass is 10.0. The number of aromatic nitrogens is 2. The molecule has 6 heteroatoms. The highest BCUT2D eigenvalue weighted by Gasteiger charge is 2.18. The second-order valence-corrected chi connectivity index (χ2v) is 5.02. The van der Waals surface area contributed by atoms with Gasteiger partial charge >= 0.3 is 0 Å². The van der Waals surface area contributed by atoms with Gasteiger partial charge in [-0.3, -0.25) is 4.68 Å². The smallest absolute Gasteiger partial charge is 0.173 e. The predicted molar refractivity (Wildman–Crippen MR) is 70.0 cm³/mol. The maximum Gasteiger partial charge on any atom is 0.173 e. The van der Waals surface area contributed by atoms with Crippen molar-refractivity contribution in [1.82, 2.24) is 9.78 Å². The molecule has 0 fully saturated rings. The summed E-state index contributed by atoms with van der Waals surface area (Å²) in [6.45, 7) is 1.93. The molecule has 0 saturated carbocycles. The first-order valence-electron chi connectivity index (χ1n) is 5.17. The molecular formula is C11H13BrClN3O. The van der Waals surface area contributed by atoms with Gasteiger partial charge < -0.3 is 10.2 Å². The second-order valence-electron chi connectivity index (χ2n) is 3.94. The molecule has 2 rings (SSSR count). The van der Waals surface area contributed by atoms with Gasteiger partial charge in [0, 0.05) is 24.2 Å². The van der Waals surface area contributed by atoms with E-state index in [2.05, 4.69) is 21.0 Å². The quantitative estimate of drug-likeness (QED) is 0.946. The Balaban J connectivity index is 2.24. The molecule has 0 saturated heterocycles. The number of aryl methyl sites for hydroxylation is 2. The summed E-state index contributed by atoms with van der Waals surface area (Å²) in [5, 5.41) is 4.90. The van der Waals surface area contributed by atoms with Crippen molar-refractivity contribution in [3.05, 3.63) is 39.0 Å². The highest BCUT2D eigenvalue weighted by atomic mass is 79.9. The first kappa shape index (κ1) is 12.7. The molecule has 0 amide bonds. The van der Waals surface area contributed by atoms with Crippen molar-refractivity contribution in [1.29, 1.82) is 0 Å². The van der Waals surface area contributed by atoms with Crippen LogP contribution in [-0.2, 0) is 13.5 Å². The fourth-order valence-electron chi connectivity index (χ4n) is 1.81. The van der Waals surface area contributed by atoms with Crippen molar-refractivity contribution < 1.29 is 4.42 Å². The maximum atomic E-state index is 6.17. The Morgan fingerprint density at radius 2 is 2.35 bits per heavy atom. The number of hydrogen-bond acceptors (Lipinski definition) is 3. The van der Waals surface area contributed by atoms with Crippen LogP contribution in [0.4, 0.5) is 0 Å². The van der Waals surface area contributed by atoms with E-state index in [9.17, 15) is 0 Å². The van der Waals surface area contributed by atoms with Gasteiger partial charge in [-0.05, 0) is 35.3 Å². The van der Waals surface area contributed by atoms with Crippen LogP contribution in [0.15, 0.2) is 21.4 Å². The SMILES string of the molecule is Cc1nn(C)c(Cl)c1CC(N)c1ccoc1Br. The topological polar surface area (TPSA) is 57.0 Å². The molecule has 4 nitrogen and oxygen atoms in total. The normalized spacial score (nSPS) is 13.0. The summed E-state index contributed by atoms with van der Waals surface area (Å²) in [7, 11) is 1.82. The van der Waals surface area contributed by atoms with E-state index in [4.69, 9.17) is 21.8 Å². The molecule has 2 aromatic heterocycles. The van der Waals surface area contributed by atoms with Gasteiger partial charge in [-0.1, -0.05) is 11.6 Å². The zero-order chi connectivity index (χ0) is 12.6. The van der Waals surface area contributed by atoms with Crippen LogP contribution in [0.5, 0.6) is 0 Å². The Hall–Kier alpha value is -0.780. The van der Waals surface area contributed by atoms with Crippen LogP contribution in [0.25, 0.3) is 0 Å². The van der Waals surface area contributed by atoms with E-state index in [-0.39, 0.29) is 6.04 Å². The number of hydrogen-bond donors (Lipinski definition) is 1. The molecule has 17 heavy (non-hydrogen) atoms. The van der Waals surface area contributed by atoms with E-state index in [0.717, 1.165) is 16.8 Å². The Kier molecular flexibility index (Phi) is 3.61. The summed E-state index contributed by atoms with van der Waals surface area (Å²) >= 11 is 9.49. The largest absolute Gasteiger partial charge is 0.457 e. The highest BCUT2D eigenvalue weighted by Crippen LogP contribution is 2.28. The van der Waals surface area contributed by atoms with E-state index in [0.29, 0.717) is 16.2 Å². The summed E-state index contributed by atoms with van der Waals surface area (Å²) in [6.07, 6.45) is 2.24. The molecule has 0 radical (unpaired) electrons. The van der Waals surface area contributed by atoms with E-state index in [1.807, 2.05) is 20.0 Å². The second kappa shape index (κ2) is 4.84. The van der Waals surface area contributed by atoms with Gasteiger partial charge in [0.25, 0.3) is 0 Å². The van der Waals surface area contributed by atoms with Crippen molar-refractivity contribution in [2.24, 2.45) is 12.8 Å². The standard InChI is InChI=1S/C11H13BrClN3O/c1-6-8(11(13)16(2)15-6)5-9(14)7-3-4-17-10(7)12/h3-4,9H,5,14H2,1-2H3. The average molecular weight is 319 g/mol. The van der Waals surface area contributed by atoms with Crippen LogP contribution in [0.3, 0.4) is 0 Å². The predicted octanol–water partition coefficient (Wildman–Crippen LogP) is 2.98. The Labute approximate surface area is 113 Å². The van der Waals surface area contributed by atoms with Crippen LogP contribution in [0, 0.1) is 6.92 Å². The van der Waals surface area contributed by atoms with Gasteiger partial charge in [0.05, 0.1) is 12.0 Å². The molecule has 2 aromatic rings. The van der Waals surface area contributed by atoms with Crippen molar-refractivity contribution >= 4 is 27.5 Å². The summed E-state index contributed by atoms with van der Waals surface area (Å²) in [6, 6.07) is 1.69. The van der Waals surface area contributed by atoms with Crippen LogP contribution in [-0.4, -0.2) is 9.78 Å². The molecule has 0 spiro atoms. The third kappa shape index (κ3) is 2.41. The molecule has 0 bridgehead atoms. The molecule has 0 aliphatic heterocycles. The minimum Gasteiger partial charge on any atom is -0.457 e. The number of rotatable bonds is 3. The molecule has 92 valence electrons. The number of nitrogens with two attached hydrogens (primary N) is 1. The number of nitrogens with zero attached hydrogens (tertiary/aromatic N) is 2. The van der Waals surface area contributed by atoms with E-state index >= 15 is 0 Å². The molecule has 2 N–H and O–H groups in total. The van der Waals surface area contributed by atoms with Crippen molar-refractivity contribution in [3.63, 3.8) is 0 Å². The van der Waals surface area contributed by atoms with Crippen LogP contribution < -0.4 is 5.73 Å². The Morgan fingerprint density at radius 3 is 2.82 bits per heavy atom. The summed E-state index contributed by atoms with van der Waals surface area (Å²) in [4.78, 5) is 0. The maximum absolute atomic E-state index is 6.17. The summed E-state index contributed by atoms with van der Waals surface area (Å²) in [5.41, 5.74) is 8.96. The third-order valence-electron chi connectivity index (χ3n) is 2.74. The monoisotopic (exact) mass is 317 g/mol. The molecule has 2 heterocycles. The molecule has 0 aromatic carbocycles. The fraction of sp³-hybridized carbons (Fsp3) is 0.364. The van der Waals surface area contributed by atoms with Crippen LogP contribution in [0.2, 0.25) is 5.15 Å². The third-order valence-corrected chi connectivity index (χ3v) is 3.86. The van der Waals surface area contributed by atoms with Crippen molar-refractivity contribution in [2.45, 2.75) is 19.4 Å². The molecule has 1 atom stereocenters. The zero-order valence-corrected chi connectivity index (χ0v) is 11.9. The van der Waals surface area contributed by atoms with Gasteiger partial charge in [0.1, 0.15) is 5.15 Å². The Bertz CT molecular complexity index is 535. The summed E-state index contributed by atoms with van der Waals surface area (Å²) < 4.78 is 7.50. The minimum absolute atomic E-state index is 0.163. The van der Waals surface area contributed by atoms with E-state index in [1.165, 1.54) is 0 Å². The first-order chi connectivity index (χ1) is 8.00. The summed E-state index contributed by atoms with van der Waals surface area (Å²) in [5.74, 6) is 0. The highest BCUT2D eigenvalue weighted by molar-refractivity contribution is 9.10. The van der Waals surface area contributed by atoms with E-state index < -0.39 is 0 Å². The molecule has 0 aliphatic rings. The van der Waals surface area contributed by atoms with Gasteiger partial charge in [0.15, 0.2) is 4.67 Å². The zero-order valence-electron chi connectivity index (χ0n) is 9.58. The fourth-order valence-corrected chi connectivity index (χ4v) is 2.59. The molecular weight excluding hydrogens is 305 g/mol. The van der Waals surface area contributed by atoms with Crippen LogP contribution >= 0.6 is 27.5 Å². The number of halogens is 2. The number of furan rings is 1. The van der Waals surface area contributed by atoms with Crippen LogP contribution in [0.1, 0.15) is 22.9 Å². The lowest BCUT2D eigenvalue weighted by molar-refractivity contribution is 0.531. The molecule has 1 unspecified atom stereocenters. The lowest BCUT2D eigenvalue weighted by Gasteiger charge is -2.09. The van der Waals surface area contributed by atoms with E-state index in [1.54, 1.807) is 10.9 Å². The van der Waals surface area contributed by atoms with Crippen molar-refractivity contribution in [2.75, 3.05) is 0 Å². The lowest BCUT2D eigenvalue weighted by Crippen LogP contribution is -2.13. The Morgan fingerprint density at radius 1 is 1.65 bits per heavy atom. The van der Waals surface area contributed by atoms with Gasteiger partial charge in [-0.15, -0.1) is 0 Å².